The van der Waals surface area contributed by atoms with Crippen molar-refractivity contribution in [2.75, 3.05) is 12.8 Å². The number of carbonyl (C=O) groups excluding carboxylic acids is 1. The molecule has 2 rings (SSSR count). The van der Waals surface area contributed by atoms with Gasteiger partial charge in [-0.2, -0.15) is 5.26 Å². The lowest BCUT2D eigenvalue weighted by Crippen LogP contribution is -2.37. The quantitative estimate of drug-likeness (QED) is 0.635. The molecule has 0 saturated carbocycles. The molecular weight excluding hydrogens is 386 g/mol. The van der Waals surface area contributed by atoms with Crippen LogP contribution in [0.5, 0.6) is 0 Å². The number of hydrogen-bond acceptors (Lipinski definition) is 4. The number of amides is 1. The van der Waals surface area contributed by atoms with Crippen LogP contribution in [0.25, 0.3) is 0 Å². The standard InChI is InChI=1S/C22H31N3O3S/c1-15(2)21-10-19(16(3)9-20(21)14-25-29(4,27)28)11-22(26)24-13-18-7-5-17(12-23)6-8-18/h5-9,15,19-21,25H,10-11,13-14H2,1-4H3,(H,24,26). The van der Waals surface area contributed by atoms with Gasteiger partial charge in [0, 0.05) is 19.5 Å². The Hall–Kier alpha value is -2.17. The normalized spacial score (nSPS) is 22.1. The molecular formula is C22H31N3O3S. The molecule has 29 heavy (non-hydrogen) atoms. The lowest BCUT2D eigenvalue weighted by molar-refractivity contribution is -0.122. The number of nitrogens with one attached hydrogen (secondary N) is 2. The second kappa shape index (κ2) is 10.0. The van der Waals surface area contributed by atoms with Crippen molar-refractivity contribution in [1.82, 2.24) is 10.0 Å². The highest BCUT2D eigenvalue weighted by Crippen LogP contribution is 2.38. The largest absolute Gasteiger partial charge is 0.352 e. The Morgan fingerprint density at radius 2 is 1.93 bits per heavy atom. The van der Waals surface area contributed by atoms with E-state index in [0.717, 1.165) is 17.6 Å². The Morgan fingerprint density at radius 3 is 2.48 bits per heavy atom. The average Bonchev–Trinajstić information content (AvgIpc) is 2.66. The third-order valence-electron chi connectivity index (χ3n) is 5.67. The molecule has 1 aliphatic rings. The van der Waals surface area contributed by atoms with Gasteiger partial charge in [0.15, 0.2) is 0 Å². The van der Waals surface area contributed by atoms with Crippen molar-refractivity contribution in [2.24, 2.45) is 23.7 Å². The van der Waals surface area contributed by atoms with Crippen LogP contribution in [0.15, 0.2) is 35.9 Å². The van der Waals surface area contributed by atoms with Crippen LogP contribution in [0.4, 0.5) is 0 Å². The summed E-state index contributed by atoms with van der Waals surface area (Å²) in [6.45, 7) is 7.16. The van der Waals surface area contributed by atoms with E-state index in [1.165, 1.54) is 6.26 Å². The fourth-order valence-electron chi connectivity index (χ4n) is 3.95. The highest BCUT2D eigenvalue weighted by Gasteiger charge is 2.32. The number of rotatable bonds is 8. The van der Waals surface area contributed by atoms with Crippen molar-refractivity contribution in [1.29, 1.82) is 5.26 Å². The van der Waals surface area contributed by atoms with Crippen LogP contribution in [0.1, 0.15) is 44.7 Å². The van der Waals surface area contributed by atoms with Crippen LogP contribution in [0, 0.1) is 35.0 Å². The minimum absolute atomic E-state index is 0.00215. The summed E-state index contributed by atoms with van der Waals surface area (Å²) in [6, 6.07) is 9.26. The number of nitriles is 1. The van der Waals surface area contributed by atoms with Gasteiger partial charge in [0.05, 0.1) is 17.9 Å². The Morgan fingerprint density at radius 1 is 1.28 bits per heavy atom. The second-order valence-electron chi connectivity index (χ2n) is 8.33. The Bertz CT molecular complexity index is 883. The molecule has 6 nitrogen and oxygen atoms in total. The molecule has 0 spiro atoms. The van der Waals surface area contributed by atoms with Gasteiger partial charge >= 0.3 is 0 Å². The second-order valence-corrected chi connectivity index (χ2v) is 10.2. The van der Waals surface area contributed by atoms with Gasteiger partial charge in [0.25, 0.3) is 0 Å². The van der Waals surface area contributed by atoms with Gasteiger partial charge in [0.1, 0.15) is 0 Å². The van der Waals surface area contributed by atoms with Crippen molar-refractivity contribution >= 4 is 15.9 Å². The summed E-state index contributed by atoms with van der Waals surface area (Å²) in [5.41, 5.74) is 2.71. The number of allylic oxidation sites excluding steroid dienone is 1. The number of sulfonamides is 1. The zero-order valence-corrected chi connectivity index (χ0v) is 18.4. The smallest absolute Gasteiger partial charge is 0.220 e. The van der Waals surface area contributed by atoms with Crippen molar-refractivity contribution < 1.29 is 13.2 Å². The summed E-state index contributed by atoms with van der Waals surface area (Å²) in [7, 11) is -3.22. The first-order valence-electron chi connectivity index (χ1n) is 9.97. The summed E-state index contributed by atoms with van der Waals surface area (Å²) < 4.78 is 25.6. The van der Waals surface area contributed by atoms with Crippen molar-refractivity contribution in [2.45, 2.75) is 40.2 Å². The van der Waals surface area contributed by atoms with Gasteiger partial charge in [-0.1, -0.05) is 37.6 Å². The average molecular weight is 418 g/mol. The highest BCUT2D eigenvalue weighted by atomic mass is 32.2. The molecule has 7 heteroatoms. The Labute approximate surface area is 174 Å². The van der Waals surface area contributed by atoms with Gasteiger partial charge in [0.2, 0.25) is 15.9 Å². The first kappa shape index (κ1) is 23.1. The number of nitrogens with zero attached hydrogens (tertiary/aromatic N) is 1. The summed E-state index contributed by atoms with van der Waals surface area (Å²) in [5.74, 6) is 1.03. The third kappa shape index (κ3) is 7.30. The minimum atomic E-state index is -3.22. The maximum Gasteiger partial charge on any atom is 0.220 e. The molecule has 0 fully saturated rings. The van der Waals surface area contributed by atoms with E-state index in [0.29, 0.717) is 36.9 Å². The lowest BCUT2D eigenvalue weighted by Gasteiger charge is -2.37. The molecule has 3 atom stereocenters. The first-order valence-corrected chi connectivity index (χ1v) is 11.9. The third-order valence-corrected chi connectivity index (χ3v) is 6.36. The topological polar surface area (TPSA) is 99.1 Å². The van der Waals surface area contributed by atoms with Crippen molar-refractivity contribution in [3.05, 3.63) is 47.0 Å². The SMILES string of the molecule is CC1=CC(CNS(C)(=O)=O)C(C(C)C)CC1CC(=O)NCc1ccc(C#N)cc1. The molecule has 158 valence electrons. The molecule has 1 aromatic rings. The van der Waals surface area contributed by atoms with Crippen LogP contribution in [0.3, 0.4) is 0 Å². The van der Waals surface area contributed by atoms with Crippen LogP contribution in [0.2, 0.25) is 0 Å². The minimum Gasteiger partial charge on any atom is -0.352 e. The molecule has 0 saturated heterocycles. The van der Waals surface area contributed by atoms with Crippen molar-refractivity contribution in [3.63, 3.8) is 0 Å². The van der Waals surface area contributed by atoms with Gasteiger partial charge in [-0.3, -0.25) is 4.79 Å². The van der Waals surface area contributed by atoms with Crippen LogP contribution >= 0.6 is 0 Å². The molecule has 0 radical (unpaired) electrons. The lowest BCUT2D eigenvalue weighted by atomic mass is 9.70. The van der Waals surface area contributed by atoms with Gasteiger partial charge in [-0.05, 0) is 54.7 Å². The molecule has 0 aliphatic heterocycles. The van der Waals surface area contributed by atoms with Crippen LogP contribution in [-0.4, -0.2) is 27.1 Å². The van der Waals surface area contributed by atoms with E-state index in [2.05, 4.69) is 36.0 Å². The van der Waals surface area contributed by atoms with Gasteiger partial charge in [-0.15, -0.1) is 0 Å². The Kier molecular flexibility index (Phi) is 8.00. The monoisotopic (exact) mass is 417 g/mol. The molecule has 0 heterocycles. The van der Waals surface area contributed by atoms with Crippen LogP contribution < -0.4 is 10.0 Å². The van der Waals surface area contributed by atoms with E-state index in [1.807, 2.05) is 19.1 Å². The number of carbonyl (C=O) groups is 1. The molecule has 1 aliphatic carbocycles. The zero-order chi connectivity index (χ0) is 21.6. The molecule has 1 amide bonds. The summed E-state index contributed by atoms with van der Waals surface area (Å²) >= 11 is 0. The highest BCUT2D eigenvalue weighted by molar-refractivity contribution is 7.88. The predicted octanol–water partition coefficient (Wildman–Crippen LogP) is 2.97. The summed E-state index contributed by atoms with van der Waals surface area (Å²) in [4.78, 5) is 12.5. The summed E-state index contributed by atoms with van der Waals surface area (Å²) in [6.07, 6.45) is 4.62. The van der Waals surface area contributed by atoms with E-state index in [4.69, 9.17) is 5.26 Å². The van der Waals surface area contributed by atoms with E-state index in [9.17, 15) is 13.2 Å². The first-order chi connectivity index (χ1) is 13.6. The van der Waals surface area contributed by atoms with E-state index in [-0.39, 0.29) is 17.7 Å². The van der Waals surface area contributed by atoms with E-state index >= 15 is 0 Å². The van der Waals surface area contributed by atoms with E-state index < -0.39 is 10.0 Å². The number of benzene rings is 1. The fourth-order valence-corrected chi connectivity index (χ4v) is 4.44. The molecule has 0 aromatic heterocycles. The molecule has 1 aromatic carbocycles. The molecule has 0 bridgehead atoms. The fraction of sp³-hybridized carbons (Fsp3) is 0.545. The molecule has 2 N–H and O–H groups in total. The van der Waals surface area contributed by atoms with Crippen molar-refractivity contribution in [3.8, 4) is 6.07 Å². The summed E-state index contributed by atoms with van der Waals surface area (Å²) in [5, 5.41) is 11.8. The zero-order valence-electron chi connectivity index (χ0n) is 17.6. The predicted molar refractivity (Wildman–Crippen MR) is 114 cm³/mol. The van der Waals surface area contributed by atoms with Gasteiger partial charge < -0.3 is 5.32 Å². The van der Waals surface area contributed by atoms with Gasteiger partial charge in [-0.25, -0.2) is 13.1 Å². The maximum atomic E-state index is 12.5. The maximum absolute atomic E-state index is 12.5. The van der Waals surface area contributed by atoms with Crippen LogP contribution in [-0.2, 0) is 21.4 Å². The Balaban J connectivity index is 1.96. The molecule has 3 unspecified atom stereocenters. The van der Waals surface area contributed by atoms with E-state index in [1.54, 1.807) is 12.1 Å². The number of hydrogen-bond donors (Lipinski definition) is 2.